The molecule has 1 aromatic rings. The van der Waals surface area contributed by atoms with Crippen molar-refractivity contribution in [1.29, 1.82) is 0 Å². The van der Waals surface area contributed by atoms with Crippen molar-refractivity contribution in [3.63, 3.8) is 0 Å². The van der Waals surface area contributed by atoms with E-state index < -0.39 is 0 Å². The number of amides is 1. The fourth-order valence-electron chi connectivity index (χ4n) is 2.68. The van der Waals surface area contributed by atoms with Crippen molar-refractivity contribution in [2.45, 2.75) is 44.8 Å². The van der Waals surface area contributed by atoms with Gasteiger partial charge in [0.05, 0.1) is 0 Å². The van der Waals surface area contributed by atoms with Gasteiger partial charge in [0.15, 0.2) is 0 Å². The normalized spacial score (nSPS) is 20.8. The topological polar surface area (TPSA) is 68.3 Å². The maximum atomic E-state index is 12.4. The number of carbonyl (C=O) groups is 1. The maximum Gasteiger partial charge on any atom is 0.251 e. The third kappa shape index (κ3) is 3.49. The van der Waals surface area contributed by atoms with Gasteiger partial charge in [-0.1, -0.05) is 0 Å². The average Bonchev–Trinajstić information content (AvgIpc) is 2.42. The van der Waals surface area contributed by atoms with E-state index in [4.69, 9.17) is 5.73 Å². The number of hydrogen-bond donors (Lipinski definition) is 1. The molecular weight excluding hydrogens is 322 g/mol. The number of halogens is 1. The molecule has 2 unspecified atom stereocenters. The molecule has 1 aliphatic heterocycles. The van der Waals surface area contributed by atoms with E-state index in [1.54, 1.807) is 12.3 Å². The zero-order chi connectivity index (χ0) is 14.7. The van der Waals surface area contributed by atoms with Crippen molar-refractivity contribution < 1.29 is 4.79 Å². The Balaban J connectivity index is 2.14. The Morgan fingerprint density at radius 3 is 2.95 bits per heavy atom. The molecule has 2 N–H and O–H groups in total. The molecule has 6 heteroatoms. The number of nitrogens with two attached hydrogens (primary N) is 1. The van der Waals surface area contributed by atoms with E-state index in [1.165, 1.54) is 10.6 Å². The summed E-state index contributed by atoms with van der Waals surface area (Å²) in [5.41, 5.74) is 5.80. The Hall–Kier alpha value is -1.14. The monoisotopic (exact) mass is 341 g/mol. The molecule has 0 saturated carbocycles. The van der Waals surface area contributed by atoms with Gasteiger partial charge < -0.3 is 15.2 Å². The Morgan fingerprint density at radius 1 is 1.50 bits per heavy atom. The summed E-state index contributed by atoms with van der Waals surface area (Å²) in [5.74, 6) is -0.0350. The van der Waals surface area contributed by atoms with E-state index >= 15 is 0 Å². The van der Waals surface area contributed by atoms with Gasteiger partial charge in [0.1, 0.15) is 6.54 Å². The van der Waals surface area contributed by atoms with Crippen molar-refractivity contribution >= 4 is 21.8 Å². The van der Waals surface area contributed by atoms with Crippen LogP contribution >= 0.6 is 15.9 Å². The fourth-order valence-corrected chi connectivity index (χ4v) is 3.06. The molecule has 5 nitrogen and oxygen atoms in total. The van der Waals surface area contributed by atoms with Crippen molar-refractivity contribution in [2.24, 2.45) is 5.73 Å². The van der Waals surface area contributed by atoms with Crippen LogP contribution < -0.4 is 11.3 Å². The molecule has 1 aromatic heterocycles. The minimum absolute atomic E-state index is 0.0350. The molecule has 0 aromatic carbocycles. The van der Waals surface area contributed by atoms with Crippen molar-refractivity contribution in [3.05, 3.63) is 33.2 Å². The molecule has 0 aliphatic carbocycles. The molecule has 2 heterocycles. The largest absolute Gasteiger partial charge is 0.337 e. The Kier molecular flexibility index (Phi) is 4.99. The van der Waals surface area contributed by atoms with E-state index in [0.29, 0.717) is 0 Å². The lowest BCUT2D eigenvalue weighted by molar-refractivity contribution is -0.136. The van der Waals surface area contributed by atoms with Crippen molar-refractivity contribution in [2.75, 3.05) is 6.54 Å². The first-order chi connectivity index (χ1) is 9.49. The lowest BCUT2D eigenvalue weighted by atomic mass is 9.97. The zero-order valence-electron chi connectivity index (χ0n) is 11.6. The van der Waals surface area contributed by atoms with Gasteiger partial charge in [-0.25, -0.2) is 0 Å². The van der Waals surface area contributed by atoms with Crippen LogP contribution in [0.3, 0.4) is 0 Å². The molecule has 0 radical (unpaired) electrons. The average molecular weight is 342 g/mol. The molecule has 2 rings (SSSR count). The summed E-state index contributed by atoms with van der Waals surface area (Å²) in [6.45, 7) is 2.73. The van der Waals surface area contributed by atoms with Gasteiger partial charge in [-0.2, -0.15) is 0 Å². The number of rotatable bonds is 3. The molecule has 0 bridgehead atoms. The molecule has 1 saturated heterocycles. The molecule has 1 aliphatic rings. The van der Waals surface area contributed by atoms with Crippen LogP contribution in [-0.2, 0) is 11.3 Å². The van der Waals surface area contributed by atoms with Crippen LogP contribution in [0.2, 0.25) is 0 Å². The number of pyridine rings is 1. The third-order valence-electron chi connectivity index (χ3n) is 3.73. The molecule has 1 fully saturated rings. The van der Waals surface area contributed by atoms with E-state index in [-0.39, 0.29) is 30.1 Å². The summed E-state index contributed by atoms with van der Waals surface area (Å²) >= 11 is 3.31. The zero-order valence-corrected chi connectivity index (χ0v) is 13.2. The second kappa shape index (κ2) is 6.54. The molecule has 0 spiro atoms. The van der Waals surface area contributed by atoms with Gasteiger partial charge >= 0.3 is 0 Å². The van der Waals surface area contributed by atoms with Crippen molar-refractivity contribution in [1.82, 2.24) is 9.47 Å². The summed E-state index contributed by atoms with van der Waals surface area (Å²) in [7, 11) is 0. The van der Waals surface area contributed by atoms with Gasteiger partial charge in [-0.3, -0.25) is 9.59 Å². The van der Waals surface area contributed by atoms with E-state index in [0.717, 1.165) is 30.3 Å². The number of aromatic nitrogens is 1. The second-order valence-electron chi connectivity index (χ2n) is 5.32. The van der Waals surface area contributed by atoms with Crippen LogP contribution in [0, 0.1) is 0 Å². The number of nitrogens with zero attached hydrogens (tertiary/aromatic N) is 2. The number of hydrogen-bond acceptors (Lipinski definition) is 3. The Labute approximate surface area is 126 Å². The van der Waals surface area contributed by atoms with E-state index in [1.807, 2.05) is 11.8 Å². The van der Waals surface area contributed by atoms with Crippen LogP contribution in [0.15, 0.2) is 27.6 Å². The van der Waals surface area contributed by atoms with Gasteiger partial charge in [0, 0.05) is 35.4 Å². The van der Waals surface area contributed by atoms with Gasteiger partial charge in [0.25, 0.3) is 5.56 Å². The third-order valence-corrected chi connectivity index (χ3v) is 4.20. The fraction of sp³-hybridized carbons (Fsp3) is 0.571. The highest BCUT2D eigenvalue weighted by atomic mass is 79.9. The van der Waals surface area contributed by atoms with Gasteiger partial charge in [-0.05, 0) is 48.2 Å². The number of likely N-dealkylation sites (tertiary alicyclic amines) is 1. The van der Waals surface area contributed by atoms with Crippen molar-refractivity contribution in [3.8, 4) is 0 Å². The van der Waals surface area contributed by atoms with Crippen LogP contribution in [0.25, 0.3) is 0 Å². The first kappa shape index (κ1) is 15.3. The Morgan fingerprint density at radius 2 is 2.25 bits per heavy atom. The van der Waals surface area contributed by atoms with E-state index in [2.05, 4.69) is 15.9 Å². The number of piperidine rings is 1. The lowest BCUT2D eigenvalue weighted by Crippen LogP contribution is -2.52. The van der Waals surface area contributed by atoms with Crippen LogP contribution in [0.1, 0.15) is 26.2 Å². The number of carbonyl (C=O) groups excluding carboxylic acids is 1. The maximum absolute atomic E-state index is 12.4. The Bertz CT molecular complexity index is 541. The smallest absolute Gasteiger partial charge is 0.251 e. The first-order valence-corrected chi connectivity index (χ1v) is 7.69. The summed E-state index contributed by atoms with van der Waals surface area (Å²) < 4.78 is 2.21. The van der Waals surface area contributed by atoms with Crippen LogP contribution in [0.4, 0.5) is 0 Å². The van der Waals surface area contributed by atoms with Crippen LogP contribution in [0.5, 0.6) is 0 Å². The lowest BCUT2D eigenvalue weighted by Gasteiger charge is -2.38. The molecule has 110 valence electrons. The predicted octanol–water partition coefficient (Wildman–Crippen LogP) is 1.34. The summed E-state index contributed by atoms with van der Waals surface area (Å²) in [6.07, 6.45) is 4.69. The molecular formula is C14H20BrN3O2. The SMILES string of the molecule is CC(N)C1CCCCN1C(=O)Cn1cc(Br)ccc1=O. The molecule has 2 atom stereocenters. The second-order valence-corrected chi connectivity index (χ2v) is 6.24. The minimum atomic E-state index is -0.170. The minimum Gasteiger partial charge on any atom is -0.337 e. The highest BCUT2D eigenvalue weighted by Gasteiger charge is 2.29. The standard InChI is InChI=1S/C14H20BrN3O2/c1-10(16)12-4-2-3-7-18(12)14(20)9-17-8-11(15)5-6-13(17)19/h5-6,8,10,12H,2-4,7,9,16H2,1H3. The molecule has 20 heavy (non-hydrogen) atoms. The molecule has 1 amide bonds. The highest BCUT2D eigenvalue weighted by Crippen LogP contribution is 2.19. The first-order valence-electron chi connectivity index (χ1n) is 6.90. The van der Waals surface area contributed by atoms with E-state index in [9.17, 15) is 9.59 Å². The highest BCUT2D eigenvalue weighted by molar-refractivity contribution is 9.10. The van der Waals surface area contributed by atoms with Gasteiger partial charge in [-0.15, -0.1) is 0 Å². The van der Waals surface area contributed by atoms with Crippen LogP contribution in [-0.4, -0.2) is 34.0 Å². The predicted molar refractivity (Wildman–Crippen MR) is 81.4 cm³/mol. The summed E-state index contributed by atoms with van der Waals surface area (Å²) in [6, 6.07) is 3.17. The summed E-state index contributed by atoms with van der Waals surface area (Å²) in [4.78, 5) is 26.0. The van der Waals surface area contributed by atoms with Gasteiger partial charge in [0.2, 0.25) is 5.91 Å². The summed E-state index contributed by atoms with van der Waals surface area (Å²) in [5, 5.41) is 0. The quantitative estimate of drug-likeness (QED) is 0.901.